The van der Waals surface area contributed by atoms with Crippen molar-refractivity contribution in [2.75, 3.05) is 32.8 Å². The van der Waals surface area contributed by atoms with Gasteiger partial charge in [-0.1, -0.05) is 0 Å². The summed E-state index contributed by atoms with van der Waals surface area (Å²) in [4.78, 5) is 15.6. The van der Waals surface area contributed by atoms with Crippen molar-refractivity contribution < 1.29 is 19.0 Å². The summed E-state index contributed by atoms with van der Waals surface area (Å²) in [6.07, 6.45) is 1.03. The Balaban J connectivity index is 2.47. The van der Waals surface area contributed by atoms with Gasteiger partial charge in [-0.25, -0.2) is 4.98 Å². The van der Waals surface area contributed by atoms with E-state index < -0.39 is 6.10 Å². The van der Waals surface area contributed by atoms with Crippen LogP contribution in [0.3, 0.4) is 0 Å². The molecule has 1 unspecified atom stereocenters. The van der Waals surface area contributed by atoms with Gasteiger partial charge in [0, 0.05) is 20.3 Å². The van der Waals surface area contributed by atoms with E-state index in [1.165, 1.54) is 13.3 Å². The number of carbonyl (C=O) groups is 1. The van der Waals surface area contributed by atoms with Crippen LogP contribution in [-0.4, -0.2) is 44.4 Å². The number of hydrogen-bond acceptors (Lipinski definition) is 5. The van der Waals surface area contributed by atoms with Gasteiger partial charge in [0.1, 0.15) is 12.7 Å². The van der Waals surface area contributed by atoms with Gasteiger partial charge in [-0.2, -0.15) is 0 Å². The van der Waals surface area contributed by atoms with Crippen molar-refractivity contribution in [3.63, 3.8) is 0 Å². The average Bonchev–Trinajstić information content (AvgIpc) is 2.40. The second kappa shape index (κ2) is 7.62. The van der Waals surface area contributed by atoms with E-state index in [2.05, 4.69) is 10.3 Å². The van der Waals surface area contributed by atoms with Crippen molar-refractivity contribution in [2.24, 2.45) is 0 Å². The molecule has 0 aliphatic rings. The summed E-state index contributed by atoms with van der Waals surface area (Å²) < 4.78 is 15.1. The number of nitrogens with zero attached hydrogens (tertiary/aromatic N) is 1. The van der Waals surface area contributed by atoms with E-state index in [4.69, 9.17) is 14.2 Å². The van der Waals surface area contributed by atoms with E-state index in [1.54, 1.807) is 26.2 Å². The first-order valence-corrected chi connectivity index (χ1v) is 5.58. The number of anilines is 1. The van der Waals surface area contributed by atoms with E-state index in [0.29, 0.717) is 24.8 Å². The van der Waals surface area contributed by atoms with Gasteiger partial charge in [-0.05, 0) is 13.0 Å². The van der Waals surface area contributed by atoms with Crippen LogP contribution in [0.2, 0.25) is 0 Å². The van der Waals surface area contributed by atoms with Crippen molar-refractivity contribution in [2.45, 2.75) is 13.0 Å². The summed E-state index contributed by atoms with van der Waals surface area (Å²) in [7, 11) is 3.08. The monoisotopic (exact) mass is 254 g/mol. The molecule has 0 aromatic carbocycles. The predicted molar refractivity (Wildman–Crippen MR) is 66.7 cm³/mol. The lowest BCUT2D eigenvalue weighted by Gasteiger charge is -2.10. The third-order valence-corrected chi connectivity index (χ3v) is 2.26. The van der Waals surface area contributed by atoms with E-state index >= 15 is 0 Å². The van der Waals surface area contributed by atoms with Crippen LogP contribution in [0.1, 0.15) is 6.92 Å². The molecule has 6 nitrogen and oxygen atoms in total. The minimum absolute atomic E-state index is 0.215. The molecule has 100 valence electrons. The number of pyridine rings is 1. The number of rotatable bonds is 7. The molecule has 0 aliphatic carbocycles. The van der Waals surface area contributed by atoms with Crippen molar-refractivity contribution in [3.05, 3.63) is 18.3 Å². The zero-order valence-electron chi connectivity index (χ0n) is 10.8. The molecule has 1 atom stereocenters. The second-order valence-electron chi connectivity index (χ2n) is 3.59. The van der Waals surface area contributed by atoms with Crippen molar-refractivity contribution >= 4 is 11.6 Å². The number of ether oxygens (including phenoxy) is 3. The third-order valence-electron chi connectivity index (χ3n) is 2.26. The number of methoxy groups -OCH3 is 2. The third kappa shape index (κ3) is 4.68. The highest BCUT2D eigenvalue weighted by Gasteiger charge is 2.11. The standard InChI is InChI=1S/C12H18N2O4/c1-9(17-3)12(15)14-10-4-5-11(13-8-10)18-7-6-16-2/h4-5,8-9H,6-7H2,1-3H3,(H,14,15). The molecule has 0 saturated carbocycles. The molecule has 0 saturated heterocycles. The maximum Gasteiger partial charge on any atom is 0.253 e. The van der Waals surface area contributed by atoms with Crippen LogP contribution in [0, 0.1) is 0 Å². The summed E-state index contributed by atoms with van der Waals surface area (Å²) in [5.74, 6) is 0.275. The SMILES string of the molecule is COCCOc1ccc(NC(=O)C(C)OC)cn1. The van der Waals surface area contributed by atoms with Crippen molar-refractivity contribution in [3.8, 4) is 5.88 Å². The van der Waals surface area contributed by atoms with Gasteiger partial charge in [-0.3, -0.25) is 4.79 Å². The minimum Gasteiger partial charge on any atom is -0.475 e. The van der Waals surface area contributed by atoms with E-state index in [-0.39, 0.29) is 5.91 Å². The molecule has 0 spiro atoms. The topological polar surface area (TPSA) is 69.7 Å². The molecule has 1 aromatic heterocycles. The molecule has 1 aromatic rings. The number of carbonyl (C=O) groups excluding carboxylic acids is 1. The smallest absolute Gasteiger partial charge is 0.253 e. The largest absolute Gasteiger partial charge is 0.475 e. The van der Waals surface area contributed by atoms with Crippen LogP contribution in [-0.2, 0) is 14.3 Å². The lowest BCUT2D eigenvalue weighted by Crippen LogP contribution is -2.26. The molecule has 1 heterocycles. The Morgan fingerprint density at radius 1 is 1.39 bits per heavy atom. The molecule has 0 aliphatic heterocycles. The molecule has 1 N–H and O–H groups in total. The normalized spacial score (nSPS) is 11.9. The molecular weight excluding hydrogens is 236 g/mol. The van der Waals surface area contributed by atoms with Crippen LogP contribution in [0.4, 0.5) is 5.69 Å². The Kier molecular flexibility index (Phi) is 6.10. The highest BCUT2D eigenvalue weighted by molar-refractivity contribution is 5.93. The molecule has 1 rings (SSSR count). The van der Waals surface area contributed by atoms with Crippen LogP contribution in [0.25, 0.3) is 0 Å². The zero-order chi connectivity index (χ0) is 13.4. The fourth-order valence-corrected chi connectivity index (χ4v) is 1.12. The summed E-state index contributed by atoms with van der Waals surface area (Å²) in [5, 5.41) is 2.68. The first kappa shape index (κ1) is 14.4. The Hall–Kier alpha value is -1.66. The fourth-order valence-electron chi connectivity index (χ4n) is 1.12. The number of nitrogens with one attached hydrogen (secondary N) is 1. The summed E-state index contributed by atoms with van der Waals surface area (Å²) in [5.41, 5.74) is 0.600. The van der Waals surface area contributed by atoms with Gasteiger partial charge < -0.3 is 19.5 Å². The van der Waals surface area contributed by atoms with Gasteiger partial charge in [0.2, 0.25) is 5.88 Å². The molecule has 18 heavy (non-hydrogen) atoms. The van der Waals surface area contributed by atoms with Gasteiger partial charge in [0.25, 0.3) is 5.91 Å². The van der Waals surface area contributed by atoms with Crippen LogP contribution >= 0.6 is 0 Å². The zero-order valence-corrected chi connectivity index (χ0v) is 10.8. The lowest BCUT2D eigenvalue weighted by atomic mass is 10.3. The van der Waals surface area contributed by atoms with Crippen molar-refractivity contribution in [1.29, 1.82) is 0 Å². The maximum absolute atomic E-state index is 11.5. The second-order valence-corrected chi connectivity index (χ2v) is 3.59. The van der Waals surface area contributed by atoms with Crippen LogP contribution in [0.15, 0.2) is 18.3 Å². The Morgan fingerprint density at radius 2 is 2.17 bits per heavy atom. The van der Waals surface area contributed by atoms with Crippen LogP contribution in [0.5, 0.6) is 5.88 Å². The average molecular weight is 254 g/mol. The van der Waals surface area contributed by atoms with Gasteiger partial charge in [0.05, 0.1) is 18.5 Å². The fraction of sp³-hybridized carbons (Fsp3) is 0.500. The number of amides is 1. The summed E-state index contributed by atoms with van der Waals surface area (Å²) in [6.45, 7) is 2.62. The van der Waals surface area contributed by atoms with E-state index in [9.17, 15) is 4.79 Å². The Morgan fingerprint density at radius 3 is 2.72 bits per heavy atom. The first-order valence-electron chi connectivity index (χ1n) is 5.58. The number of aromatic nitrogens is 1. The maximum atomic E-state index is 11.5. The van der Waals surface area contributed by atoms with Gasteiger partial charge in [0.15, 0.2) is 0 Å². The van der Waals surface area contributed by atoms with Gasteiger partial charge in [-0.15, -0.1) is 0 Å². The molecule has 6 heteroatoms. The molecule has 0 radical (unpaired) electrons. The quantitative estimate of drug-likeness (QED) is 0.737. The van der Waals surface area contributed by atoms with E-state index in [1.807, 2.05) is 0 Å². The summed E-state index contributed by atoms with van der Waals surface area (Å²) >= 11 is 0. The summed E-state index contributed by atoms with van der Waals surface area (Å²) in [6, 6.07) is 3.40. The van der Waals surface area contributed by atoms with Gasteiger partial charge >= 0.3 is 0 Å². The number of hydrogen-bond donors (Lipinski definition) is 1. The Labute approximate surface area is 106 Å². The van der Waals surface area contributed by atoms with Crippen molar-refractivity contribution in [1.82, 2.24) is 4.98 Å². The highest BCUT2D eigenvalue weighted by Crippen LogP contribution is 2.12. The van der Waals surface area contributed by atoms with E-state index in [0.717, 1.165) is 0 Å². The highest BCUT2D eigenvalue weighted by atomic mass is 16.5. The minimum atomic E-state index is -0.498. The molecular formula is C12H18N2O4. The molecule has 0 bridgehead atoms. The Bertz CT molecular complexity index is 367. The first-order chi connectivity index (χ1) is 8.67. The predicted octanol–water partition coefficient (Wildman–Crippen LogP) is 1.08. The molecule has 0 fully saturated rings. The lowest BCUT2D eigenvalue weighted by molar-refractivity contribution is -0.124. The van der Waals surface area contributed by atoms with Crippen LogP contribution < -0.4 is 10.1 Å². The molecule has 1 amide bonds.